The Hall–Kier alpha value is -2.37. The van der Waals surface area contributed by atoms with Gasteiger partial charge in [0.25, 0.3) is 0 Å². The molecule has 1 N–H and O–H groups in total. The van der Waals surface area contributed by atoms with E-state index in [1.807, 2.05) is 35.3 Å². The van der Waals surface area contributed by atoms with Gasteiger partial charge in [-0.15, -0.1) is 0 Å². The number of carbonyl (C=O) groups excluding carboxylic acids is 1. The Kier molecular flexibility index (Phi) is 2.48. The molecule has 1 aromatic rings. The molecule has 2 atom stereocenters. The Labute approximate surface area is 116 Å². The monoisotopic (exact) mass is 269 g/mol. The van der Waals surface area contributed by atoms with Crippen molar-refractivity contribution >= 4 is 23.8 Å². The van der Waals surface area contributed by atoms with Crippen LogP contribution in [0.5, 0.6) is 0 Å². The number of carbonyl (C=O) groups is 1. The Morgan fingerprint density at radius 2 is 2.10 bits per heavy atom. The number of anilines is 1. The van der Waals surface area contributed by atoms with Crippen molar-refractivity contribution in [3.63, 3.8) is 0 Å². The molecule has 0 saturated carbocycles. The van der Waals surface area contributed by atoms with Crippen molar-refractivity contribution in [1.82, 2.24) is 10.2 Å². The van der Waals surface area contributed by atoms with Gasteiger partial charge in [-0.25, -0.2) is 5.01 Å². The van der Waals surface area contributed by atoms with Gasteiger partial charge >= 0.3 is 0 Å². The smallest absolute Gasteiger partial charge is 0.241 e. The maximum Gasteiger partial charge on any atom is 0.241 e. The first-order chi connectivity index (χ1) is 9.84. The zero-order chi connectivity index (χ0) is 13.5. The fraction of sp³-hybridized carbons (Fsp3) is 0.357. The molecule has 3 heterocycles. The molecule has 0 aliphatic carbocycles. The van der Waals surface area contributed by atoms with Crippen LogP contribution in [-0.2, 0) is 4.79 Å². The molecule has 0 radical (unpaired) electrons. The highest BCUT2D eigenvalue weighted by Gasteiger charge is 2.45. The predicted molar refractivity (Wildman–Crippen MR) is 76.5 cm³/mol. The Bertz CT molecular complexity index is 597. The zero-order valence-corrected chi connectivity index (χ0v) is 10.9. The molecule has 20 heavy (non-hydrogen) atoms. The first kappa shape index (κ1) is 11.5. The molecular weight excluding hydrogens is 254 g/mol. The summed E-state index contributed by atoms with van der Waals surface area (Å²) in [5.74, 6) is 0.538. The molecule has 2 unspecified atom stereocenters. The van der Waals surface area contributed by atoms with Crippen LogP contribution in [-0.4, -0.2) is 42.2 Å². The SMILES string of the molecule is O=C1C2C=NN(c3ccccc3)C2NC2=NCCCN12. The number of nitrogens with zero attached hydrogens (tertiary/aromatic N) is 4. The van der Waals surface area contributed by atoms with E-state index < -0.39 is 0 Å². The summed E-state index contributed by atoms with van der Waals surface area (Å²) in [4.78, 5) is 18.7. The fourth-order valence-corrected chi connectivity index (χ4v) is 2.86. The normalized spacial score (nSPS) is 27.8. The van der Waals surface area contributed by atoms with Crippen molar-refractivity contribution in [1.29, 1.82) is 0 Å². The van der Waals surface area contributed by atoms with Gasteiger partial charge in [0.1, 0.15) is 12.1 Å². The van der Waals surface area contributed by atoms with Gasteiger partial charge in [0, 0.05) is 19.3 Å². The molecule has 0 bridgehead atoms. The lowest BCUT2D eigenvalue weighted by molar-refractivity contribution is -0.131. The number of para-hydroxylation sites is 1. The molecule has 3 aliphatic heterocycles. The van der Waals surface area contributed by atoms with Crippen LogP contribution in [0.3, 0.4) is 0 Å². The number of benzene rings is 1. The highest BCUT2D eigenvalue weighted by atomic mass is 16.2. The number of rotatable bonds is 1. The number of nitrogens with one attached hydrogen (secondary N) is 1. The summed E-state index contributed by atoms with van der Waals surface area (Å²) in [6.45, 7) is 1.52. The van der Waals surface area contributed by atoms with Gasteiger partial charge in [-0.3, -0.25) is 14.7 Å². The van der Waals surface area contributed by atoms with E-state index in [1.54, 1.807) is 11.1 Å². The van der Waals surface area contributed by atoms with Crippen LogP contribution in [0.2, 0.25) is 0 Å². The first-order valence-corrected chi connectivity index (χ1v) is 6.85. The number of amides is 1. The summed E-state index contributed by atoms with van der Waals surface area (Å²) >= 11 is 0. The standard InChI is InChI=1S/C14H15N5O/c20-13-11-9-16-19(10-5-2-1-3-6-10)12(11)17-14-15-7-4-8-18(13)14/h1-3,5-6,9,11-12H,4,7-8H2,(H,15,17). The quantitative estimate of drug-likeness (QED) is 0.813. The van der Waals surface area contributed by atoms with Gasteiger partial charge in [0.2, 0.25) is 11.9 Å². The minimum absolute atomic E-state index is 0.0920. The lowest BCUT2D eigenvalue weighted by Gasteiger charge is -2.40. The van der Waals surface area contributed by atoms with E-state index in [0.29, 0.717) is 5.96 Å². The molecule has 1 fully saturated rings. The largest absolute Gasteiger partial charge is 0.333 e. The highest BCUT2D eigenvalue weighted by molar-refractivity contribution is 6.08. The third kappa shape index (κ3) is 1.61. The molecule has 1 aromatic carbocycles. The molecule has 6 heteroatoms. The third-order valence-electron chi connectivity index (χ3n) is 3.86. The van der Waals surface area contributed by atoms with Crippen molar-refractivity contribution in [2.45, 2.75) is 12.6 Å². The summed E-state index contributed by atoms with van der Waals surface area (Å²) in [5.41, 5.74) is 0.974. The van der Waals surface area contributed by atoms with Crippen LogP contribution in [0.1, 0.15) is 6.42 Å². The maximum absolute atomic E-state index is 12.5. The predicted octanol–water partition coefficient (Wildman–Crippen LogP) is 0.626. The van der Waals surface area contributed by atoms with Gasteiger partial charge in [-0.2, -0.15) is 5.10 Å². The van der Waals surface area contributed by atoms with Crippen LogP contribution >= 0.6 is 0 Å². The van der Waals surface area contributed by atoms with Crippen molar-refractivity contribution < 1.29 is 4.79 Å². The first-order valence-electron chi connectivity index (χ1n) is 6.85. The Morgan fingerprint density at radius 3 is 2.95 bits per heavy atom. The summed E-state index contributed by atoms with van der Waals surface area (Å²) in [6.07, 6.45) is 2.49. The molecule has 6 nitrogen and oxygen atoms in total. The van der Waals surface area contributed by atoms with E-state index in [4.69, 9.17) is 0 Å². The number of hydrazone groups is 1. The Morgan fingerprint density at radius 1 is 1.25 bits per heavy atom. The molecule has 0 spiro atoms. The van der Waals surface area contributed by atoms with Gasteiger partial charge in [-0.05, 0) is 18.6 Å². The number of fused-ring (bicyclic) bond motifs is 2. The van der Waals surface area contributed by atoms with Crippen molar-refractivity contribution in [2.24, 2.45) is 16.0 Å². The highest BCUT2D eigenvalue weighted by Crippen LogP contribution is 2.28. The molecule has 102 valence electrons. The lowest BCUT2D eigenvalue weighted by atomic mass is 10.0. The molecular formula is C14H15N5O. The van der Waals surface area contributed by atoms with E-state index in [2.05, 4.69) is 15.4 Å². The summed E-state index contributed by atoms with van der Waals surface area (Å²) in [6, 6.07) is 9.87. The van der Waals surface area contributed by atoms with E-state index in [-0.39, 0.29) is 18.0 Å². The van der Waals surface area contributed by atoms with Gasteiger partial charge in [0.15, 0.2) is 0 Å². The van der Waals surface area contributed by atoms with E-state index in [9.17, 15) is 4.79 Å². The molecule has 0 aromatic heterocycles. The second-order valence-electron chi connectivity index (χ2n) is 5.11. The van der Waals surface area contributed by atoms with Crippen LogP contribution in [0.15, 0.2) is 40.4 Å². The van der Waals surface area contributed by atoms with Crippen LogP contribution in [0.4, 0.5) is 5.69 Å². The van der Waals surface area contributed by atoms with Crippen LogP contribution in [0.25, 0.3) is 0 Å². The second kappa shape index (κ2) is 4.33. The summed E-state index contributed by atoms with van der Waals surface area (Å²) < 4.78 is 0. The van der Waals surface area contributed by atoms with E-state index >= 15 is 0 Å². The summed E-state index contributed by atoms with van der Waals surface area (Å²) in [5, 5.41) is 9.61. The molecule has 1 amide bonds. The molecule has 3 aliphatic rings. The number of hydrogen-bond acceptors (Lipinski definition) is 5. The van der Waals surface area contributed by atoms with Crippen LogP contribution in [0, 0.1) is 5.92 Å². The minimum Gasteiger partial charge on any atom is -0.333 e. The lowest BCUT2D eigenvalue weighted by Crippen LogP contribution is -2.64. The molecule has 4 rings (SSSR count). The second-order valence-corrected chi connectivity index (χ2v) is 5.11. The average molecular weight is 269 g/mol. The third-order valence-corrected chi connectivity index (χ3v) is 3.86. The maximum atomic E-state index is 12.5. The van der Waals surface area contributed by atoms with Crippen LogP contribution < -0.4 is 10.3 Å². The number of hydrogen-bond donors (Lipinski definition) is 1. The van der Waals surface area contributed by atoms with E-state index in [0.717, 1.165) is 25.2 Å². The van der Waals surface area contributed by atoms with Crippen molar-refractivity contribution in [3.8, 4) is 0 Å². The van der Waals surface area contributed by atoms with Gasteiger partial charge < -0.3 is 5.32 Å². The minimum atomic E-state index is -0.243. The number of aliphatic imine (C=N–C) groups is 1. The summed E-state index contributed by atoms with van der Waals surface area (Å²) in [7, 11) is 0. The number of guanidine groups is 1. The fourth-order valence-electron chi connectivity index (χ4n) is 2.86. The zero-order valence-electron chi connectivity index (χ0n) is 10.9. The van der Waals surface area contributed by atoms with Gasteiger partial charge in [0.05, 0.1) is 5.69 Å². The topological polar surface area (TPSA) is 60.3 Å². The van der Waals surface area contributed by atoms with Crippen molar-refractivity contribution in [3.05, 3.63) is 30.3 Å². The molecule has 1 saturated heterocycles. The van der Waals surface area contributed by atoms with E-state index in [1.165, 1.54) is 0 Å². The van der Waals surface area contributed by atoms with Gasteiger partial charge in [-0.1, -0.05) is 18.2 Å². The van der Waals surface area contributed by atoms with Crippen molar-refractivity contribution in [2.75, 3.05) is 18.1 Å². The Balaban J connectivity index is 1.67. The average Bonchev–Trinajstić information content (AvgIpc) is 2.92.